The summed E-state index contributed by atoms with van der Waals surface area (Å²) in [5, 5.41) is 19.5. The lowest BCUT2D eigenvalue weighted by Crippen LogP contribution is -2.53. The standard InChI is InChI=1S/C19H22O14/c1-10(21)27-19(26)17(32-29-12(3)23)16(31-28-11(2)22)15(14(24)9-20)30-33-18(25)13-7-5-4-6-8-13/h4-8,14-17,20,24H,9H2,1-3H3/t14-,15+,16+,17-/m1/s1. The van der Waals surface area contributed by atoms with Gasteiger partial charge in [-0.05, 0) is 12.1 Å². The van der Waals surface area contributed by atoms with E-state index in [0.29, 0.717) is 0 Å². The van der Waals surface area contributed by atoms with Gasteiger partial charge in [0.05, 0.1) is 12.2 Å². The lowest BCUT2D eigenvalue weighted by molar-refractivity contribution is -0.398. The molecule has 0 saturated carbocycles. The molecular weight excluding hydrogens is 452 g/mol. The van der Waals surface area contributed by atoms with E-state index in [4.69, 9.17) is 9.78 Å². The molecule has 0 fully saturated rings. The van der Waals surface area contributed by atoms with Crippen LogP contribution in [0.3, 0.4) is 0 Å². The first kappa shape index (κ1) is 27.6. The van der Waals surface area contributed by atoms with E-state index in [2.05, 4.69) is 24.3 Å². The predicted octanol–water partition coefficient (Wildman–Crippen LogP) is -0.687. The van der Waals surface area contributed by atoms with E-state index in [9.17, 15) is 34.2 Å². The maximum Gasteiger partial charge on any atom is 0.373 e. The highest BCUT2D eigenvalue weighted by Gasteiger charge is 2.46. The third kappa shape index (κ3) is 9.71. The van der Waals surface area contributed by atoms with E-state index in [1.807, 2.05) is 0 Å². The van der Waals surface area contributed by atoms with Crippen LogP contribution in [-0.4, -0.2) is 71.1 Å². The largest absolute Gasteiger partial charge is 0.394 e. The summed E-state index contributed by atoms with van der Waals surface area (Å²) in [5.41, 5.74) is 0.0240. The van der Waals surface area contributed by atoms with Crippen molar-refractivity contribution in [2.45, 2.75) is 45.2 Å². The molecule has 2 N–H and O–H groups in total. The van der Waals surface area contributed by atoms with Gasteiger partial charge in [-0.3, -0.25) is 19.5 Å². The van der Waals surface area contributed by atoms with Crippen LogP contribution in [0.1, 0.15) is 31.1 Å². The van der Waals surface area contributed by atoms with Gasteiger partial charge >= 0.3 is 29.8 Å². The summed E-state index contributed by atoms with van der Waals surface area (Å²) < 4.78 is 4.37. The molecular formula is C19H22O14. The van der Waals surface area contributed by atoms with Crippen molar-refractivity contribution in [2.75, 3.05) is 6.61 Å². The maximum atomic E-state index is 12.3. The molecule has 33 heavy (non-hydrogen) atoms. The van der Waals surface area contributed by atoms with Crippen molar-refractivity contribution >= 4 is 29.8 Å². The van der Waals surface area contributed by atoms with Crippen molar-refractivity contribution in [3.05, 3.63) is 35.9 Å². The van der Waals surface area contributed by atoms with Crippen LogP contribution in [0.25, 0.3) is 0 Å². The van der Waals surface area contributed by atoms with Crippen LogP contribution >= 0.6 is 0 Å². The van der Waals surface area contributed by atoms with Crippen LogP contribution in [-0.2, 0) is 53.2 Å². The molecule has 182 valence electrons. The van der Waals surface area contributed by atoms with E-state index in [-0.39, 0.29) is 5.56 Å². The second-order valence-electron chi connectivity index (χ2n) is 6.19. The summed E-state index contributed by atoms with van der Waals surface area (Å²) >= 11 is 0. The van der Waals surface area contributed by atoms with Gasteiger partial charge in [0.1, 0.15) is 6.10 Å². The average Bonchev–Trinajstić information content (AvgIpc) is 2.76. The Morgan fingerprint density at radius 1 is 0.788 bits per heavy atom. The van der Waals surface area contributed by atoms with Crippen LogP contribution in [0.5, 0.6) is 0 Å². The van der Waals surface area contributed by atoms with E-state index in [1.54, 1.807) is 6.07 Å². The second-order valence-corrected chi connectivity index (χ2v) is 6.19. The fourth-order valence-electron chi connectivity index (χ4n) is 2.11. The minimum absolute atomic E-state index is 0.0240. The van der Waals surface area contributed by atoms with Gasteiger partial charge in [-0.2, -0.15) is 14.7 Å². The number of benzene rings is 1. The third-order valence-corrected chi connectivity index (χ3v) is 3.46. The molecule has 0 bridgehead atoms. The SMILES string of the molecule is CC(=O)OO[C@@H]([C@@H](OOC(=O)c1ccccc1)[C@H](O)CO)[C@@H](OOC(C)=O)C(=O)OC(C)=O. The Labute approximate surface area is 186 Å². The summed E-state index contributed by atoms with van der Waals surface area (Å²) in [7, 11) is 0. The number of rotatable bonds is 12. The number of hydrogen-bond acceptors (Lipinski definition) is 14. The highest BCUT2D eigenvalue weighted by Crippen LogP contribution is 2.20. The quantitative estimate of drug-likeness (QED) is 0.167. The topological polar surface area (TPSA) is 190 Å². The van der Waals surface area contributed by atoms with Gasteiger partial charge in [0.15, 0.2) is 12.2 Å². The van der Waals surface area contributed by atoms with Crippen LogP contribution in [0.2, 0.25) is 0 Å². The lowest BCUT2D eigenvalue weighted by atomic mass is 10.0. The molecule has 0 radical (unpaired) electrons. The number of carbonyl (C=O) groups excluding carboxylic acids is 5. The zero-order chi connectivity index (χ0) is 25.0. The number of hydrogen-bond donors (Lipinski definition) is 2. The maximum absolute atomic E-state index is 12.3. The third-order valence-electron chi connectivity index (χ3n) is 3.46. The first-order chi connectivity index (χ1) is 15.6. The molecule has 14 nitrogen and oxygen atoms in total. The number of aliphatic hydroxyl groups is 2. The smallest absolute Gasteiger partial charge is 0.373 e. The number of aliphatic hydroxyl groups excluding tert-OH is 2. The molecule has 1 aromatic carbocycles. The highest BCUT2D eigenvalue weighted by molar-refractivity contribution is 5.89. The molecule has 0 aromatic heterocycles. The van der Waals surface area contributed by atoms with E-state index in [1.165, 1.54) is 24.3 Å². The zero-order valence-electron chi connectivity index (χ0n) is 17.7. The Morgan fingerprint density at radius 3 is 1.85 bits per heavy atom. The average molecular weight is 474 g/mol. The van der Waals surface area contributed by atoms with E-state index >= 15 is 0 Å². The molecule has 0 aliphatic heterocycles. The molecule has 14 heteroatoms. The Hall–Kier alpha value is -3.43. The van der Waals surface area contributed by atoms with E-state index in [0.717, 1.165) is 20.8 Å². The van der Waals surface area contributed by atoms with Gasteiger partial charge in [0.25, 0.3) is 0 Å². The van der Waals surface area contributed by atoms with Crippen molar-refractivity contribution in [1.29, 1.82) is 0 Å². The van der Waals surface area contributed by atoms with Crippen LogP contribution < -0.4 is 0 Å². The summed E-state index contributed by atoms with van der Waals surface area (Å²) in [6.07, 6.45) is -8.31. The molecule has 4 atom stereocenters. The number of esters is 2. The van der Waals surface area contributed by atoms with Crippen LogP contribution in [0.15, 0.2) is 30.3 Å². The summed E-state index contributed by atoms with van der Waals surface area (Å²) in [4.78, 5) is 85.5. The van der Waals surface area contributed by atoms with Crippen LogP contribution in [0.4, 0.5) is 0 Å². The first-order valence-electron chi connectivity index (χ1n) is 9.18. The Morgan fingerprint density at radius 2 is 1.33 bits per heavy atom. The van der Waals surface area contributed by atoms with Gasteiger partial charge in [-0.25, -0.2) is 19.2 Å². The number of ether oxygens (including phenoxy) is 1. The van der Waals surface area contributed by atoms with Crippen molar-refractivity contribution in [2.24, 2.45) is 0 Å². The first-order valence-corrected chi connectivity index (χ1v) is 9.18. The fourth-order valence-corrected chi connectivity index (χ4v) is 2.11. The molecule has 0 aliphatic rings. The molecule has 0 unspecified atom stereocenters. The fraction of sp³-hybridized carbons (Fsp3) is 0.421. The summed E-state index contributed by atoms with van der Waals surface area (Å²) in [6, 6.07) is 7.39. The van der Waals surface area contributed by atoms with Crippen LogP contribution in [0, 0.1) is 0 Å². The molecule has 0 spiro atoms. The van der Waals surface area contributed by atoms with Crippen molar-refractivity contribution in [3.63, 3.8) is 0 Å². The van der Waals surface area contributed by atoms with Gasteiger partial charge < -0.3 is 14.9 Å². The van der Waals surface area contributed by atoms with Gasteiger partial charge in [-0.15, -0.1) is 0 Å². The van der Waals surface area contributed by atoms with E-state index < -0.39 is 60.9 Å². The Balaban J connectivity index is 3.25. The van der Waals surface area contributed by atoms with Crippen molar-refractivity contribution in [3.8, 4) is 0 Å². The Kier molecular flexibility index (Phi) is 11.6. The molecule has 0 saturated heterocycles. The van der Waals surface area contributed by atoms with Gasteiger partial charge in [0.2, 0.25) is 6.10 Å². The molecule has 0 aliphatic carbocycles. The molecule has 1 aromatic rings. The highest BCUT2D eigenvalue weighted by atomic mass is 17.3. The van der Waals surface area contributed by atoms with Crippen molar-refractivity contribution < 1.29 is 68.2 Å². The minimum Gasteiger partial charge on any atom is -0.394 e. The summed E-state index contributed by atoms with van der Waals surface area (Å²) in [6.45, 7) is 1.62. The van der Waals surface area contributed by atoms with Crippen molar-refractivity contribution in [1.82, 2.24) is 0 Å². The summed E-state index contributed by atoms with van der Waals surface area (Å²) in [5.74, 6) is -5.81. The monoisotopic (exact) mass is 474 g/mol. The minimum atomic E-state index is -2.24. The lowest BCUT2D eigenvalue weighted by Gasteiger charge is -2.29. The molecule has 0 amide bonds. The van der Waals surface area contributed by atoms with Gasteiger partial charge in [0, 0.05) is 20.8 Å². The Bertz CT molecular complexity index is 823. The molecule has 0 heterocycles. The second kappa shape index (κ2) is 13.9. The van der Waals surface area contributed by atoms with Gasteiger partial charge in [-0.1, -0.05) is 18.2 Å². The predicted molar refractivity (Wildman–Crippen MR) is 99.9 cm³/mol. The number of carbonyl (C=O) groups is 5. The zero-order valence-corrected chi connectivity index (χ0v) is 17.7. The molecule has 1 rings (SSSR count). The normalized spacial score (nSPS) is 14.2.